The summed E-state index contributed by atoms with van der Waals surface area (Å²) in [6.07, 6.45) is 8.59. The molecule has 2 aromatic heterocycles. The average Bonchev–Trinajstić information content (AvgIpc) is 3.19. The molecule has 0 aliphatic heterocycles. The molecule has 12 heteroatoms. The van der Waals surface area contributed by atoms with E-state index in [-0.39, 0.29) is 30.0 Å². The van der Waals surface area contributed by atoms with Crippen LogP contribution in [0, 0.1) is 5.82 Å². The van der Waals surface area contributed by atoms with Crippen LogP contribution in [-0.4, -0.2) is 57.5 Å². The standard InChI is InChI=1S/C24H32FN7O3S/c1-36(34,35)31-16-6-10-17(11-7-16)32-22-21(29-24(32)28-20-5-3-2-4-19(20)25)14-26-23(30-22)27-15-8-12-18(33)13-9-15/h2-5,14-18,31,33H,6-13H2,1H3,(H,28,29)(H,26,27,30)/t15-,16-,17-,18-. The van der Waals surface area contributed by atoms with Gasteiger partial charge in [0.1, 0.15) is 11.3 Å². The van der Waals surface area contributed by atoms with Crippen molar-refractivity contribution in [1.29, 1.82) is 0 Å². The topological polar surface area (TPSA) is 134 Å². The summed E-state index contributed by atoms with van der Waals surface area (Å²) in [5.74, 6) is 0.585. The van der Waals surface area contributed by atoms with Crippen molar-refractivity contribution < 1.29 is 17.9 Å². The van der Waals surface area contributed by atoms with Gasteiger partial charge in [-0.05, 0) is 63.5 Å². The van der Waals surface area contributed by atoms with Gasteiger partial charge in [0.25, 0.3) is 0 Å². The Morgan fingerprint density at radius 1 is 1.00 bits per heavy atom. The zero-order chi connectivity index (χ0) is 25.3. The van der Waals surface area contributed by atoms with Gasteiger partial charge < -0.3 is 15.7 Å². The fraction of sp³-hybridized carbons (Fsp3) is 0.542. The normalized spacial score (nSPS) is 25.1. The van der Waals surface area contributed by atoms with Crippen LogP contribution in [0.2, 0.25) is 0 Å². The van der Waals surface area contributed by atoms with E-state index in [1.54, 1.807) is 24.4 Å². The van der Waals surface area contributed by atoms with E-state index in [2.05, 4.69) is 25.3 Å². The summed E-state index contributed by atoms with van der Waals surface area (Å²) in [5, 5.41) is 16.3. The SMILES string of the molecule is CS(=O)(=O)N[C@H]1CC[C@H](n2c(Nc3ccccc3F)nc3cnc(N[C@H]4CC[C@H](O)CC4)nc32)CC1. The summed E-state index contributed by atoms with van der Waals surface area (Å²) < 4.78 is 42.5. The number of fused-ring (bicyclic) bond motifs is 1. The molecule has 0 bridgehead atoms. The first-order chi connectivity index (χ1) is 17.2. The van der Waals surface area contributed by atoms with Crippen LogP contribution >= 0.6 is 0 Å². The van der Waals surface area contributed by atoms with Gasteiger partial charge in [-0.3, -0.25) is 4.57 Å². The Bertz CT molecular complexity index is 1320. The van der Waals surface area contributed by atoms with Gasteiger partial charge in [0, 0.05) is 18.1 Å². The fourth-order valence-corrected chi connectivity index (χ4v) is 6.08. The van der Waals surface area contributed by atoms with Crippen molar-refractivity contribution in [3.8, 4) is 0 Å². The number of hydrogen-bond acceptors (Lipinski definition) is 8. The second-order valence-electron chi connectivity index (χ2n) is 9.86. The van der Waals surface area contributed by atoms with Crippen LogP contribution in [0.15, 0.2) is 30.5 Å². The molecule has 2 aliphatic rings. The van der Waals surface area contributed by atoms with E-state index in [0.717, 1.165) is 38.5 Å². The largest absolute Gasteiger partial charge is 0.393 e. The maximum atomic E-state index is 14.4. The maximum Gasteiger partial charge on any atom is 0.224 e. The Morgan fingerprint density at radius 2 is 1.69 bits per heavy atom. The molecule has 3 aromatic rings. The van der Waals surface area contributed by atoms with Gasteiger partial charge in [0.2, 0.25) is 21.9 Å². The number of sulfonamides is 1. The molecular formula is C24H32FN7O3S. The molecule has 0 spiro atoms. The molecule has 10 nitrogen and oxygen atoms in total. The molecule has 0 unspecified atom stereocenters. The molecule has 4 N–H and O–H groups in total. The third-order valence-corrected chi connectivity index (χ3v) is 7.79. The highest BCUT2D eigenvalue weighted by Crippen LogP contribution is 2.35. The predicted octanol–water partition coefficient (Wildman–Crippen LogP) is 3.46. The summed E-state index contributed by atoms with van der Waals surface area (Å²) >= 11 is 0. The third kappa shape index (κ3) is 5.76. The third-order valence-electron chi connectivity index (χ3n) is 7.03. The Hall–Kier alpha value is -2.83. The first kappa shape index (κ1) is 24.8. The van der Waals surface area contributed by atoms with Crippen LogP contribution in [0.5, 0.6) is 0 Å². The number of benzene rings is 1. The Kier molecular flexibility index (Phi) is 7.09. The van der Waals surface area contributed by atoms with Crippen molar-refractivity contribution >= 4 is 38.8 Å². The van der Waals surface area contributed by atoms with Crippen molar-refractivity contribution in [3.63, 3.8) is 0 Å². The molecule has 2 heterocycles. The first-order valence-electron chi connectivity index (χ1n) is 12.4. The van der Waals surface area contributed by atoms with E-state index in [1.807, 2.05) is 4.57 Å². The molecule has 1 aromatic carbocycles. The van der Waals surface area contributed by atoms with E-state index < -0.39 is 10.0 Å². The summed E-state index contributed by atoms with van der Waals surface area (Å²) in [7, 11) is -3.27. The molecule has 0 amide bonds. The quantitative estimate of drug-likeness (QED) is 0.374. The molecule has 2 fully saturated rings. The van der Waals surface area contributed by atoms with Crippen LogP contribution in [0.3, 0.4) is 0 Å². The Balaban J connectivity index is 1.45. The van der Waals surface area contributed by atoms with Crippen molar-refractivity contribution in [2.24, 2.45) is 0 Å². The smallest absolute Gasteiger partial charge is 0.224 e. The summed E-state index contributed by atoms with van der Waals surface area (Å²) in [6, 6.07) is 6.52. The molecule has 0 saturated heterocycles. The average molecular weight is 518 g/mol. The van der Waals surface area contributed by atoms with Gasteiger partial charge >= 0.3 is 0 Å². The molecule has 2 saturated carbocycles. The first-order valence-corrected chi connectivity index (χ1v) is 14.3. The minimum atomic E-state index is -3.27. The second-order valence-corrected chi connectivity index (χ2v) is 11.6. The second kappa shape index (κ2) is 10.3. The van der Waals surface area contributed by atoms with Crippen molar-refractivity contribution in [2.45, 2.75) is 75.6 Å². The summed E-state index contributed by atoms with van der Waals surface area (Å²) in [6.45, 7) is 0. The predicted molar refractivity (Wildman–Crippen MR) is 136 cm³/mol. The van der Waals surface area contributed by atoms with Crippen molar-refractivity contribution in [2.75, 3.05) is 16.9 Å². The highest BCUT2D eigenvalue weighted by Gasteiger charge is 2.29. The number of imidazole rings is 1. The highest BCUT2D eigenvalue weighted by atomic mass is 32.2. The van der Waals surface area contributed by atoms with Gasteiger partial charge in [-0.15, -0.1) is 0 Å². The van der Waals surface area contributed by atoms with Gasteiger partial charge in [0.05, 0.1) is 24.2 Å². The van der Waals surface area contributed by atoms with Crippen molar-refractivity contribution in [3.05, 3.63) is 36.3 Å². The number of aliphatic hydroxyl groups is 1. The van der Waals surface area contributed by atoms with E-state index in [1.165, 1.54) is 12.3 Å². The fourth-order valence-electron chi connectivity index (χ4n) is 5.23. The Labute approximate surface area is 209 Å². The lowest BCUT2D eigenvalue weighted by molar-refractivity contribution is 0.126. The monoisotopic (exact) mass is 517 g/mol. The minimum Gasteiger partial charge on any atom is -0.393 e. The number of rotatable bonds is 7. The van der Waals surface area contributed by atoms with Gasteiger partial charge in [-0.25, -0.2) is 27.5 Å². The van der Waals surface area contributed by atoms with Crippen LogP contribution in [0.4, 0.5) is 22.0 Å². The number of aliphatic hydroxyl groups excluding tert-OH is 1. The number of nitrogens with one attached hydrogen (secondary N) is 3. The molecule has 0 atom stereocenters. The lowest BCUT2D eigenvalue weighted by Gasteiger charge is -2.30. The highest BCUT2D eigenvalue weighted by molar-refractivity contribution is 7.88. The van der Waals surface area contributed by atoms with E-state index in [4.69, 9.17) is 4.98 Å². The number of hydrogen-bond donors (Lipinski definition) is 4. The molecule has 36 heavy (non-hydrogen) atoms. The van der Waals surface area contributed by atoms with Gasteiger partial charge in [0.15, 0.2) is 5.65 Å². The zero-order valence-electron chi connectivity index (χ0n) is 20.2. The lowest BCUT2D eigenvalue weighted by atomic mass is 9.91. The van der Waals surface area contributed by atoms with Crippen LogP contribution in [-0.2, 0) is 10.0 Å². The number of anilines is 3. The van der Waals surface area contributed by atoms with E-state index in [0.29, 0.717) is 41.6 Å². The maximum absolute atomic E-state index is 14.4. The zero-order valence-corrected chi connectivity index (χ0v) is 21.0. The van der Waals surface area contributed by atoms with E-state index in [9.17, 15) is 17.9 Å². The lowest BCUT2D eigenvalue weighted by Crippen LogP contribution is -2.37. The summed E-state index contributed by atoms with van der Waals surface area (Å²) in [5.41, 5.74) is 1.55. The number of para-hydroxylation sites is 1. The summed E-state index contributed by atoms with van der Waals surface area (Å²) in [4.78, 5) is 13.9. The molecule has 5 rings (SSSR count). The molecule has 0 radical (unpaired) electrons. The van der Waals surface area contributed by atoms with Gasteiger partial charge in [-0.2, -0.15) is 4.98 Å². The van der Waals surface area contributed by atoms with Gasteiger partial charge in [-0.1, -0.05) is 12.1 Å². The molecule has 2 aliphatic carbocycles. The van der Waals surface area contributed by atoms with Crippen LogP contribution in [0.1, 0.15) is 57.4 Å². The number of halogens is 1. The number of aromatic nitrogens is 4. The van der Waals surface area contributed by atoms with Crippen LogP contribution in [0.25, 0.3) is 11.2 Å². The Morgan fingerprint density at radius 3 is 2.39 bits per heavy atom. The molecule has 194 valence electrons. The number of nitrogens with zero attached hydrogens (tertiary/aromatic N) is 4. The molecular weight excluding hydrogens is 485 g/mol. The minimum absolute atomic E-state index is 0.00876. The van der Waals surface area contributed by atoms with Crippen LogP contribution < -0.4 is 15.4 Å². The van der Waals surface area contributed by atoms with E-state index >= 15 is 0 Å². The van der Waals surface area contributed by atoms with Crippen molar-refractivity contribution in [1.82, 2.24) is 24.2 Å².